The largest absolute Gasteiger partial charge is 0.494 e. The lowest BCUT2D eigenvalue weighted by molar-refractivity contribution is 0.245. The topological polar surface area (TPSA) is 35.2 Å². The summed E-state index contributed by atoms with van der Waals surface area (Å²) < 4.78 is 5.63. The zero-order chi connectivity index (χ0) is 11.2. The van der Waals surface area contributed by atoms with Crippen LogP contribution in [0.4, 0.5) is 0 Å². The fourth-order valence-corrected chi connectivity index (χ4v) is 2.12. The Kier molecular flexibility index (Phi) is 4.23. The summed E-state index contributed by atoms with van der Waals surface area (Å²) in [5, 5.41) is 0. The first-order chi connectivity index (χ1) is 7.84. The minimum Gasteiger partial charge on any atom is -0.494 e. The van der Waals surface area contributed by atoms with Gasteiger partial charge in [0, 0.05) is 6.04 Å². The minimum atomic E-state index is 0.314. The van der Waals surface area contributed by atoms with Crippen LogP contribution in [-0.2, 0) is 0 Å². The van der Waals surface area contributed by atoms with Gasteiger partial charge in [-0.3, -0.25) is 0 Å². The second-order valence-corrected chi connectivity index (χ2v) is 4.74. The van der Waals surface area contributed by atoms with E-state index in [2.05, 4.69) is 0 Å². The van der Waals surface area contributed by atoms with Crippen LogP contribution in [0.1, 0.15) is 32.1 Å². The maximum atomic E-state index is 6.07. The van der Waals surface area contributed by atoms with Crippen LogP contribution in [0.3, 0.4) is 0 Å². The van der Waals surface area contributed by atoms with E-state index < -0.39 is 0 Å². The quantitative estimate of drug-likeness (QED) is 0.798. The molecule has 1 aromatic carbocycles. The average molecular weight is 219 g/mol. The summed E-state index contributed by atoms with van der Waals surface area (Å²) in [7, 11) is 0. The fourth-order valence-electron chi connectivity index (χ4n) is 2.12. The first-order valence-corrected chi connectivity index (χ1v) is 6.28. The maximum absolute atomic E-state index is 6.07. The lowest BCUT2D eigenvalue weighted by atomic mass is 9.80. The van der Waals surface area contributed by atoms with Crippen molar-refractivity contribution in [2.24, 2.45) is 11.7 Å². The first kappa shape index (κ1) is 11.5. The molecule has 0 spiro atoms. The van der Waals surface area contributed by atoms with E-state index >= 15 is 0 Å². The molecule has 2 N–H and O–H groups in total. The van der Waals surface area contributed by atoms with Gasteiger partial charge in [-0.05, 0) is 30.9 Å². The molecule has 0 heterocycles. The zero-order valence-corrected chi connectivity index (χ0v) is 9.77. The number of ether oxygens (including phenoxy) is 1. The summed E-state index contributed by atoms with van der Waals surface area (Å²) in [6.45, 7) is 0.734. The predicted molar refractivity (Wildman–Crippen MR) is 66.5 cm³/mol. The molecule has 16 heavy (non-hydrogen) atoms. The fraction of sp³-hybridized carbons (Fsp3) is 0.571. The highest BCUT2D eigenvalue weighted by atomic mass is 16.5. The standard InChI is InChI=1S/C14H21NO/c15-13(11-12-5-4-6-12)9-10-16-14-7-2-1-3-8-14/h1-3,7-8,12-13H,4-6,9-11,15H2. The summed E-state index contributed by atoms with van der Waals surface area (Å²) >= 11 is 0. The van der Waals surface area contributed by atoms with E-state index in [9.17, 15) is 0 Å². The van der Waals surface area contributed by atoms with Crippen molar-refractivity contribution in [3.8, 4) is 5.75 Å². The molecule has 1 unspecified atom stereocenters. The molecule has 0 amide bonds. The summed E-state index contributed by atoms with van der Waals surface area (Å²) in [5.41, 5.74) is 6.07. The van der Waals surface area contributed by atoms with E-state index in [-0.39, 0.29) is 0 Å². The monoisotopic (exact) mass is 219 g/mol. The van der Waals surface area contributed by atoms with Crippen LogP contribution in [0.15, 0.2) is 30.3 Å². The van der Waals surface area contributed by atoms with Crippen LogP contribution >= 0.6 is 0 Å². The molecular weight excluding hydrogens is 198 g/mol. The smallest absolute Gasteiger partial charge is 0.119 e. The Morgan fingerprint density at radius 1 is 1.25 bits per heavy atom. The van der Waals surface area contributed by atoms with Gasteiger partial charge in [0.2, 0.25) is 0 Å². The number of hydrogen-bond acceptors (Lipinski definition) is 2. The van der Waals surface area contributed by atoms with Gasteiger partial charge in [-0.25, -0.2) is 0 Å². The summed E-state index contributed by atoms with van der Waals surface area (Å²) in [6, 6.07) is 10.3. The van der Waals surface area contributed by atoms with Gasteiger partial charge < -0.3 is 10.5 Å². The van der Waals surface area contributed by atoms with Crippen LogP contribution in [0.25, 0.3) is 0 Å². The molecule has 1 fully saturated rings. The van der Waals surface area contributed by atoms with Gasteiger partial charge in [0.05, 0.1) is 6.61 Å². The highest BCUT2D eigenvalue weighted by molar-refractivity contribution is 5.20. The molecule has 1 aliphatic carbocycles. The Balaban J connectivity index is 1.60. The third-order valence-electron chi connectivity index (χ3n) is 3.36. The summed E-state index contributed by atoms with van der Waals surface area (Å²) in [5.74, 6) is 1.84. The SMILES string of the molecule is NC(CCOc1ccccc1)CC1CCC1. The number of nitrogens with two attached hydrogens (primary N) is 1. The van der Waals surface area contributed by atoms with Crippen molar-refractivity contribution in [1.29, 1.82) is 0 Å². The number of benzene rings is 1. The van der Waals surface area contributed by atoms with E-state index in [0.29, 0.717) is 6.04 Å². The third kappa shape index (κ3) is 3.53. The van der Waals surface area contributed by atoms with Gasteiger partial charge in [0.25, 0.3) is 0 Å². The minimum absolute atomic E-state index is 0.314. The first-order valence-electron chi connectivity index (χ1n) is 6.28. The highest BCUT2D eigenvalue weighted by Crippen LogP contribution is 2.30. The molecule has 2 nitrogen and oxygen atoms in total. The van der Waals surface area contributed by atoms with Crippen LogP contribution in [-0.4, -0.2) is 12.6 Å². The van der Waals surface area contributed by atoms with Crippen LogP contribution in [0.2, 0.25) is 0 Å². The van der Waals surface area contributed by atoms with Gasteiger partial charge in [0.1, 0.15) is 5.75 Å². The molecule has 1 aromatic rings. The van der Waals surface area contributed by atoms with E-state index in [0.717, 1.165) is 24.7 Å². The number of para-hydroxylation sites is 1. The molecule has 0 radical (unpaired) electrons. The lowest BCUT2D eigenvalue weighted by Crippen LogP contribution is -2.28. The molecule has 1 saturated carbocycles. The second-order valence-electron chi connectivity index (χ2n) is 4.74. The maximum Gasteiger partial charge on any atom is 0.119 e. The Labute approximate surface area is 97.8 Å². The molecular formula is C14H21NO. The molecule has 2 rings (SSSR count). The summed E-state index contributed by atoms with van der Waals surface area (Å²) in [4.78, 5) is 0. The summed E-state index contributed by atoms with van der Waals surface area (Å²) in [6.07, 6.45) is 6.31. The number of hydrogen-bond donors (Lipinski definition) is 1. The van der Waals surface area contributed by atoms with Gasteiger partial charge in [-0.2, -0.15) is 0 Å². The van der Waals surface area contributed by atoms with Gasteiger partial charge in [-0.15, -0.1) is 0 Å². The molecule has 1 atom stereocenters. The third-order valence-corrected chi connectivity index (χ3v) is 3.36. The van der Waals surface area contributed by atoms with Gasteiger partial charge in [0.15, 0.2) is 0 Å². The van der Waals surface area contributed by atoms with Crippen LogP contribution in [0, 0.1) is 5.92 Å². The predicted octanol–water partition coefficient (Wildman–Crippen LogP) is 2.97. The van der Waals surface area contributed by atoms with Crippen molar-refractivity contribution in [3.63, 3.8) is 0 Å². The van der Waals surface area contributed by atoms with Gasteiger partial charge in [-0.1, -0.05) is 37.5 Å². The van der Waals surface area contributed by atoms with Gasteiger partial charge >= 0.3 is 0 Å². The van der Waals surface area contributed by atoms with Crippen molar-refractivity contribution >= 4 is 0 Å². The molecule has 0 aromatic heterocycles. The van der Waals surface area contributed by atoms with Crippen molar-refractivity contribution < 1.29 is 4.74 Å². The molecule has 0 saturated heterocycles. The molecule has 88 valence electrons. The van der Waals surface area contributed by atoms with E-state index in [1.54, 1.807) is 0 Å². The molecule has 2 heteroatoms. The van der Waals surface area contributed by atoms with Crippen molar-refractivity contribution in [3.05, 3.63) is 30.3 Å². The average Bonchev–Trinajstić information content (AvgIpc) is 2.25. The highest BCUT2D eigenvalue weighted by Gasteiger charge is 2.19. The van der Waals surface area contributed by atoms with Crippen molar-refractivity contribution in [2.45, 2.75) is 38.1 Å². The van der Waals surface area contributed by atoms with Crippen LogP contribution < -0.4 is 10.5 Å². The Morgan fingerprint density at radius 3 is 2.62 bits per heavy atom. The molecule has 1 aliphatic rings. The second kappa shape index (κ2) is 5.90. The van der Waals surface area contributed by atoms with Crippen molar-refractivity contribution in [2.75, 3.05) is 6.61 Å². The van der Waals surface area contributed by atoms with Crippen molar-refractivity contribution in [1.82, 2.24) is 0 Å². The molecule has 0 aliphatic heterocycles. The zero-order valence-electron chi connectivity index (χ0n) is 9.77. The van der Waals surface area contributed by atoms with E-state index in [4.69, 9.17) is 10.5 Å². The normalized spacial score (nSPS) is 17.8. The molecule has 0 bridgehead atoms. The Bertz CT molecular complexity index is 295. The Hall–Kier alpha value is -1.02. The van der Waals surface area contributed by atoms with E-state index in [1.165, 1.54) is 25.7 Å². The Morgan fingerprint density at radius 2 is 2.00 bits per heavy atom. The van der Waals surface area contributed by atoms with Crippen LogP contribution in [0.5, 0.6) is 5.75 Å². The lowest BCUT2D eigenvalue weighted by Gasteiger charge is -2.27. The number of rotatable bonds is 6. The van der Waals surface area contributed by atoms with E-state index in [1.807, 2.05) is 30.3 Å².